The third-order valence-corrected chi connectivity index (χ3v) is 7.12. The lowest BCUT2D eigenvalue weighted by molar-refractivity contribution is -0.0907. The second-order valence-corrected chi connectivity index (χ2v) is 9.32. The molecular formula is C25H25N3O3S. The summed E-state index contributed by atoms with van der Waals surface area (Å²) < 4.78 is 5.92. The second kappa shape index (κ2) is 8.86. The maximum atomic E-state index is 9.66. The van der Waals surface area contributed by atoms with Gasteiger partial charge in [-0.25, -0.2) is 4.98 Å². The molecular weight excluding hydrogens is 422 g/mol. The molecule has 2 aromatic carbocycles. The third-order valence-electron chi connectivity index (χ3n) is 5.98. The van der Waals surface area contributed by atoms with Gasteiger partial charge in [0.15, 0.2) is 11.4 Å². The summed E-state index contributed by atoms with van der Waals surface area (Å²) in [6, 6.07) is 17.7. The van der Waals surface area contributed by atoms with Crippen LogP contribution in [0.25, 0.3) is 11.3 Å². The minimum atomic E-state index is -1.30. The average Bonchev–Trinajstić information content (AvgIpc) is 3.52. The molecule has 1 aliphatic carbocycles. The number of aliphatic hydroxyl groups is 2. The van der Waals surface area contributed by atoms with Crippen molar-refractivity contribution < 1.29 is 14.9 Å². The summed E-state index contributed by atoms with van der Waals surface area (Å²) in [6.07, 6.45) is 7.06. The van der Waals surface area contributed by atoms with Crippen LogP contribution in [-0.2, 0) is 0 Å². The largest absolute Gasteiger partial charge is 0.457 e. The topological polar surface area (TPSA) is 87.0 Å². The van der Waals surface area contributed by atoms with Crippen molar-refractivity contribution >= 4 is 22.7 Å². The van der Waals surface area contributed by atoms with Crippen molar-refractivity contribution in [2.45, 2.75) is 31.5 Å². The first kappa shape index (κ1) is 20.9. The SMILES string of the molecule is OC(O)C1(CNc2nc(-c3ccc(Oc4ccccc4)cc3)c(C3C=NC=CC3)s2)CC1. The lowest BCUT2D eigenvalue weighted by atomic mass is 9.99. The molecule has 32 heavy (non-hydrogen) atoms. The van der Waals surface area contributed by atoms with E-state index in [2.05, 4.69) is 16.4 Å². The number of allylic oxidation sites excluding steroid dienone is 1. The van der Waals surface area contributed by atoms with Crippen molar-refractivity contribution in [2.75, 3.05) is 11.9 Å². The first-order chi connectivity index (χ1) is 15.6. The Kier molecular flexibility index (Phi) is 5.78. The zero-order valence-electron chi connectivity index (χ0n) is 17.5. The summed E-state index contributed by atoms with van der Waals surface area (Å²) in [7, 11) is 0. The van der Waals surface area contributed by atoms with Gasteiger partial charge in [-0.1, -0.05) is 24.3 Å². The highest BCUT2D eigenvalue weighted by Crippen LogP contribution is 2.48. The highest BCUT2D eigenvalue weighted by Gasteiger charge is 2.48. The number of ether oxygens (including phenoxy) is 1. The van der Waals surface area contributed by atoms with Crippen LogP contribution in [-0.4, -0.2) is 34.2 Å². The Morgan fingerprint density at radius 1 is 1.06 bits per heavy atom. The van der Waals surface area contributed by atoms with Gasteiger partial charge in [0, 0.05) is 40.7 Å². The number of hydrogen-bond acceptors (Lipinski definition) is 7. The van der Waals surface area contributed by atoms with Crippen LogP contribution in [0.15, 0.2) is 71.9 Å². The summed E-state index contributed by atoms with van der Waals surface area (Å²) in [5.74, 6) is 1.73. The smallest absolute Gasteiger partial charge is 0.183 e. The number of para-hydroxylation sites is 1. The molecule has 1 fully saturated rings. The van der Waals surface area contributed by atoms with Crippen molar-refractivity contribution in [1.82, 2.24) is 4.98 Å². The van der Waals surface area contributed by atoms with E-state index in [1.165, 1.54) is 0 Å². The predicted molar refractivity (Wildman–Crippen MR) is 127 cm³/mol. The molecule has 0 amide bonds. The molecule has 2 heterocycles. The van der Waals surface area contributed by atoms with Crippen LogP contribution in [0.1, 0.15) is 30.1 Å². The van der Waals surface area contributed by atoms with Crippen molar-refractivity contribution in [1.29, 1.82) is 0 Å². The molecule has 6 nitrogen and oxygen atoms in total. The van der Waals surface area contributed by atoms with E-state index in [-0.39, 0.29) is 5.92 Å². The highest BCUT2D eigenvalue weighted by atomic mass is 32.1. The first-order valence-corrected chi connectivity index (χ1v) is 11.6. The Balaban J connectivity index is 1.39. The molecule has 0 bridgehead atoms. The van der Waals surface area contributed by atoms with E-state index in [1.807, 2.05) is 67.0 Å². The number of nitrogens with zero attached hydrogens (tertiary/aromatic N) is 2. The second-order valence-electron chi connectivity index (χ2n) is 8.29. The van der Waals surface area contributed by atoms with Crippen LogP contribution >= 0.6 is 11.3 Å². The molecule has 3 aromatic rings. The first-order valence-electron chi connectivity index (χ1n) is 10.8. The standard InChI is InChI=1S/C25H25N3O3S/c29-23(30)25(12-13-25)16-27-24-28-21(22(32-24)18-5-4-14-26-15-18)17-8-10-20(11-9-17)31-19-6-2-1-3-7-19/h1-4,6-11,14-15,18,23,29-30H,5,12-13,16H2,(H,27,28). The zero-order valence-corrected chi connectivity index (χ0v) is 18.3. The quantitative estimate of drug-likeness (QED) is 0.414. The minimum absolute atomic E-state index is 0.168. The third kappa shape index (κ3) is 4.46. The van der Waals surface area contributed by atoms with Crippen LogP contribution in [0.2, 0.25) is 0 Å². The number of thiazole rings is 1. The number of rotatable bonds is 8. The fourth-order valence-corrected chi connectivity index (χ4v) is 4.83. The van der Waals surface area contributed by atoms with E-state index in [0.717, 1.165) is 52.0 Å². The molecule has 7 heteroatoms. The zero-order chi connectivity index (χ0) is 22.0. The normalized spacial score (nSPS) is 18.7. The number of aromatic nitrogens is 1. The molecule has 164 valence electrons. The molecule has 3 N–H and O–H groups in total. The lowest BCUT2D eigenvalue weighted by Crippen LogP contribution is -2.28. The fraction of sp³-hybridized carbons (Fsp3) is 0.280. The van der Waals surface area contributed by atoms with E-state index < -0.39 is 11.7 Å². The van der Waals surface area contributed by atoms with Crippen LogP contribution < -0.4 is 10.1 Å². The highest BCUT2D eigenvalue weighted by molar-refractivity contribution is 7.16. The van der Waals surface area contributed by atoms with Gasteiger partial charge in [-0.3, -0.25) is 4.99 Å². The molecule has 5 rings (SSSR count). The summed E-state index contributed by atoms with van der Waals surface area (Å²) in [6.45, 7) is 0.500. The number of benzene rings is 2. The van der Waals surface area contributed by atoms with Gasteiger partial charge in [0.2, 0.25) is 0 Å². The maximum Gasteiger partial charge on any atom is 0.183 e. The van der Waals surface area contributed by atoms with Gasteiger partial charge in [0.25, 0.3) is 0 Å². The van der Waals surface area contributed by atoms with E-state index >= 15 is 0 Å². The van der Waals surface area contributed by atoms with Crippen molar-refractivity contribution in [3.05, 3.63) is 71.8 Å². The molecule has 0 saturated heterocycles. The molecule has 1 aromatic heterocycles. The predicted octanol–water partition coefficient (Wildman–Crippen LogP) is 5.18. The van der Waals surface area contributed by atoms with Gasteiger partial charge in [-0.15, -0.1) is 11.3 Å². The Hall–Kier alpha value is -3.00. The summed E-state index contributed by atoms with van der Waals surface area (Å²) in [5.41, 5.74) is 1.48. The van der Waals surface area contributed by atoms with E-state index in [9.17, 15) is 10.2 Å². The Morgan fingerprint density at radius 2 is 1.81 bits per heavy atom. The van der Waals surface area contributed by atoms with Gasteiger partial charge < -0.3 is 20.3 Å². The van der Waals surface area contributed by atoms with Gasteiger partial charge in [0.05, 0.1) is 5.69 Å². The molecule has 0 radical (unpaired) electrons. The van der Waals surface area contributed by atoms with Crippen molar-refractivity contribution in [2.24, 2.45) is 10.4 Å². The van der Waals surface area contributed by atoms with Gasteiger partial charge >= 0.3 is 0 Å². The summed E-state index contributed by atoms with van der Waals surface area (Å²) in [5, 5.41) is 23.4. The number of aliphatic imine (C=N–C) groups is 1. The molecule has 1 unspecified atom stereocenters. The van der Waals surface area contributed by atoms with Crippen LogP contribution in [0.3, 0.4) is 0 Å². The Labute approximate surface area is 191 Å². The number of anilines is 1. The van der Waals surface area contributed by atoms with E-state index in [4.69, 9.17) is 9.72 Å². The van der Waals surface area contributed by atoms with E-state index in [1.54, 1.807) is 11.3 Å². The Bertz CT molecular complexity index is 1120. The minimum Gasteiger partial charge on any atom is -0.457 e. The molecule has 1 saturated carbocycles. The van der Waals surface area contributed by atoms with Gasteiger partial charge in [0.1, 0.15) is 11.5 Å². The number of hydrogen-bond donors (Lipinski definition) is 3. The average molecular weight is 448 g/mol. The molecule has 0 spiro atoms. The van der Waals surface area contributed by atoms with Crippen molar-refractivity contribution in [3.8, 4) is 22.8 Å². The Morgan fingerprint density at radius 3 is 2.47 bits per heavy atom. The van der Waals surface area contributed by atoms with Crippen LogP contribution in [0.5, 0.6) is 11.5 Å². The van der Waals surface area contributed by atoms with Crippen LogP contribution in [0.4, 0.5) is 5.13 Å². The molecule has 2 aliphatic rings. The maximum absolute atomic E-state index is 9.66. The van der Waals surface area contributed by atoms with Gasteiger partial charge in [-0.05, 0) is 55.7 Å². The van der Waals surface area contributed by atoms with Crippen molar-refractivity contribution in [3.63, 3.8) is 0 Å². The number of nitrogens with one attached hydrogen (secondary N) is 1. The molecule has 1 aliphatic heterocycles. The summed E-state index contributed by atoms with van der Waals surface area (Å²) in [4.78, 5) is 10.3. The van der Waals surface area contributed by atoms with Gasteiger partial charge in [-0.2, -0.15) is 0 Å². The fourth-order valence-electron chi connectivity index (χ4n) is 3.77. The molecule has 1 atom stereocenters. The summed E-state index contributed by atoms with van der Waals surface area (Å²) >= 11 is 1.61. The number of aliphatic hydroxyl groups excluding tert-OH is 1. The van der Waals surface area contributed by atoms with Crippen LogP contribution in [0, 0.1) is 5.41 Å². The van der Waals surface area contributed by atoms with E-state index in [0.29, 0.717) is 6.54 Å². The monoisotopic (exact) mass is 447 g/mol. The lowest BCUT2D eigenvalue weighted by Gasteiger charge is -2.17.